The fourth-order valence-electron chi connectivity index (χ4n) is 2.22. The molecule has 0 bridgehead atoms. The van der Waals surface area contributed by atoms with E-state index in [2.05, 4.69) is 12.2 Å². The molecule has 1 aromatic rings. The van der Waals surface area contributed by atoms with Gasteiger partial charge in [-0.05, 0) is 37.8 Å². The minimum absolute atomic E-state index is 0.407. The summed E-state index contributed by atoms with van der Waals surface area (Å²) < 4.78 is 1.95. The summed E-state index contributed by atoms with van der Waals surface area (Å²) in [6.45, 7) is 5.89. The summed E-state index contributed by atoms with van der Waals surface area (Å²) in [6.07, 6.45) is 1.32. The Morgan fingerprint density at radius 1 is 1.65 bits per heavy atom. The van der Waals surface area contributed by atoms with Gasteiger partial charge in [0.25, 0.3) is 0 Å². The first-order valence-corrected chi connectivity index (χ1v) is 6.10. The maximum absolute atomic E-state index is 11.0. The first-order valence-electron chi connectivity index (χ1n) is 6.10. The maximum atomic E-state index is 11.0. The summed E-state index contributed by atoms with van der Waals surface area (Å²) in [6, 6.07) is 1.76. The summed E-state index contributed by atoms with van der Waals surface area (Å²) >= 11 is 0. The molecule has 1 fully saturated rings. The van der Waals surface area contributed by atoms with Crippen molar-refractivity contribution in [1.29, 1.82) is 0 Å². The van der Waals surface area contributed by atoms with Gasteiger partial charge < -0.3 is 15.0 Å². The lowest BCUT2D eigenvalue weighted by molar-refractivity contribution is 0.0696. The molecular weight excluding hydrogens is 216 g/mol. The fraction of sp³-hybridized carbons (Fsp3) is 0.615. The minimum Gasteiger partial charge on any atom is -0.478 e. The van der Waals surface area contributed by atoms with Gasteiger partial charge in [0.1, 0.15) is 0 Å². The van der Waals surface area contributed by atoms with Crippen LogP contribution in [-0.4, -0.2) is 22.2 Å². The molecule has 1 heterocycles. The zero-order chi connectivity index (χ0) is 12.6. The van der Waals surface area contributed by atoms with Crippen LogP contribution in [0.3, 0.4) is 0 Å². The van der Waals surface area contributed by atoms with Crippen LogP contribution in [0.1, 0.15) is 35.1 Å². The van der Waals surface area contributed by atoms with Crippen molar-refractivity contribution in [2.75, 3.05) is 6.54 Å². The molecule has 2 N–H and O–H groups in total. The number of hydrogen-bond donors (Lipinski definition) is 2. The molecule has 17 heavy (non-hydrogen) atoms. The maximum Gasteiger partial charge on any atom is 0.337 e. The van der Waals surface area contributed by atoms with Gasteiger partial charge in [0.2, 0.25) is 0 Å². The highest BCUT2D eigenvalue weighted by molar-refractivity contribution is 5.89. The number of nitrogens with zero attached hydrogens (tertiary/aromatic N) is 1. The lowest BCUT2D eigenvalue weighted by atomic mass is 10.2. The highest BCUT2D eigenvalue weighted by Crippen LogP contribution is 2.36. The summed E-state index contributed by atoms with van der Waals surface area (Å²) in [7, 11) is 1.92. The number of aromatic nitrogens is 1. The third kappa shape index (κ3) is 2.52. The first kappa shape index (κ1) is 12.2. The molecule has 2 atom stereocenters. The molecule has 0 saturated heterocycles. The van der Waals surface area contributed by atoms with Gasteiger partial charge in [-0.1, -0.05) is 6.92 Å². The summed E-state index contributed by atoms with van der Waals surface area (Å²) in [5.74, 6) is 0.822. The molecule has 0 radical (unpaired) electrons. The second-order valence-corrected chi connectivity index (χ2v) is 5.10. The zero-order valence-corrected chi connectivity index (χ0v) is 10.7. The van der Waals surface area contributed by atoms with E-state index in [1.54, 1.807) is 6.07 Å². The van der Waals surface area contributed by atoms with Crippen molar-refractivity contribution < 1.29 is 9.90 Å². The fourth-order valence-corrected chi connectivity index (χ4v) is 2.22. The van der Waals surface area contributed by atoms with Crippen LogP contribution in [0.15, 0.2) is 6.07 Å². The van der Waals surface area contributed by atoms with Crippen LogP contribution in [0.25, 0.3) is 0 Å². The first-order chi connectivity index (χ1) is 8.00. The van der Waals surface area contributed by atoms with Crippen LogP contribution >= 0.6 is 0 Å². The molecule has 1 aromatic heterocycles. The minimum atomic E-state index is -0.847. The Morgan fingerprint density at radius 3 is 2.76 bits per heavy atom. The summed E-state index contributed by atoms with van der Waals surface area (Å²) in [5, 5.41) is 12.4. The summed E-state index contributed by atoms with van der Waals surface area (Å²) in [5.41, 5.74) is 2.26. The molecule has 2 rings (SSSR count). The van der Waals surface area contributed by atoms with E-state index in [1.165, 1.54) is 6.42 Å². The number of carboxylic acids is 1. The number of nitrogens with one attached hydrogen (secondary N) is 1. The van der Waals surface area contributed by atoms with Crippen molar-refractivity contribution >= 4 is 5.97 Å². The Bertz CT molecular complexity index is 437. The Morgan fingerprint density at radius 2 is 2.29 bits per heavy atom. The second-order valence-electron chi connectivity index (χ2n) is 5.10. The number of aromatic carboxylic acids is 1. The van der Waals surface area contributed by atoms with E-state index in [0.29, 0.717) is 5.56 Å². The summed E-state index contributed by atoms with van der Waals surface area (Å²) in [4.78, 5) is 11.0. The van der Waals surface area contributed by atoms with Gasteiger partial charge in [-0.25, -0.2) is 4.79 Å². The molecule has 0 spiro atoms. The van der Waals surface area contributed by atoms with Crippen LogP contribution in [0, 0.1) is 18.8 Å². The molecular formula is C13H20N2O2. The average molecular weight is 236 g/mol. The van der Waals surface area contributed by atoms with E-state index in [4.69, 9.17) is 5.11 Å². The van der Waals surface area contributed by atoms with Gasteiger partial charge in [-0.3, -0.25) is 0 Å². The van der Waals surface area contributed by atoms with Crippen LogP contribution < -0.4 is 5.32 Å². The monoisotopic (exact) mass is 236 g/mol. The van der Waals surface area contributed by atoms with E-state index in [0.717, 1.165) is 36.3 Å². The van der Waals surface area contributed by atoms with E-state index >= 15 is 0 Å². The van der Waals surface area contributed by atoms with Gasteiger partial charge in [0.05, 0.1) is 5.56 Å². The number of rotatable bonds is 5. The predicted octanol–water partition coefficient (Wildman–Crippen LogP) is 1.78. The van der Waals surface area contributed by atoms with Crippen LogP contribution in [0.2, 0.25) is 0 Å². The quantitative estimate of drug-likeness (QED) is 0.819. The van der Waals surface area contributed by atoms with Crippen molar-refractivity contribution in [2.24, 2.45) is 18.9 Å². The lowest BCUT2D eigenvalue weighted by Crippen LogP contribution is -2.18. The largest absolute Gasteiger partial charge is 0.478 e. The smallest absolute Gasteiger partial charge is 0.337 e. The Balaban J connectivity index is 1.96. The third-order valence-electron chi connectivity index (χ3n) is 3.85. The molecule has 2 unspecified atom stereocenters. The molecule has 1 aliphatic rings. The Hall–Kier alpha value is -1.29. The molecule has 0 amide bonds. The molecule has 4 nitrogen and oxygen atoms in total. The molecule has 0 aromatic carbocycles. The van der Waals surface area contributed by atoms with E-state index < -0.39 is 5.97 Å². The van der Waals surface area contributed by atoms with Crippen LogP contribution in [-0.2, 0) is 13.6 Å². The van der Waals surface area contributed by atoms with E-state index in [9.17, 15) is 4.79 Å². The number of hydrogen-bond acceptors (Lipinski definition) is 2. The van der Waals surface area contributed by atoms with Gasteiger partial charge in [-0.15, -0.1) is 0 Å². The Labute approximate surface area is 102 Å². The predicted molar refractivity (Wildman–Crippen MR) is 66.1 cm³/mol. The number of carboxylic acid groups (broad SMARTS) is 1. The van der Waals surface area contributed by atoms with Crippen molar-refractivity contribution in [3.8, 4) is 0 Å². The van der Waals surface area contributed by atoms with Crippen molar-refractivity contribution in [3.63, 3.8) is 0 Å². The SMILES string of the molecule is Cc1c(C(=O)O)cc(CNCC2CC2C)n1C. The lowest BCUT2D eigenvalue weighted by Gasteiger charge is -2.06. The average Bonchev–Trinajstić information content (AvgIpc) is 2.89. The highest BCUT2D eigenvalue weighted by Gasteiger charge is 2.31. The normalized spacial score (nSPS) is 22.8. The molecule has 1 saturated carbocycles. The van der Waals surface area contributed by atoms with Crippen LogP contribution in [0.4, 0.5) is 0 Å². The van der Waals surface area contributed by atoms with Crippen LogP contribution in [0.5, 0.6) is 0 Å². The van der Waals surface area contributed by atoms with Gasteiger partial charge in [-0.2, -0.15) is 0 Å². The van der Waals surface area contributed by atoms with E-state index in [-0.39, 0.29) is 0 Å². The Kier molecular flexibility index (Phi) is 3.24. The van der Waals surface area contributed by atoms with Crippen molar-refractivity contribution in [1.82, 2.24) is 9.88 Å². The van der Waals surface area contributed by atoms with Crippen molar-refractivity contribution in [3.05, 3.63) is 23.0 Å². The highest BCUT2D eigenvalue weighted by atomic mass is 16.4. The molecule has 94 valence electrons. The van der Waals surface area contributed by atoms with Crippen molar-refractivity contribution in [2.45, 2.75) is 26.8 Å². The standard InChI is InChI=1S/C13H20N2O2/c1-8-4-10(8)6-14-7-11-5-12(13(16)17)9(2)15(11)3/h5,8,10,14H,4,6-7H2,1-3H3,(H,16,17). The topological polar surface area (TPSA) is 54.3 Å². The van der Waals surface area contributed by atoms with Gasteiger partial charge in [0.15, 0.2) is 0 Å². The molecule has 0 aliphatic heterocycles. The zero-order valence-electron chi connectivity index (χ0n) is 10.7. The third-order valence-corrected chi connectivity index (χ3v) is 3.85. The molecule has 1 aliphatic carbocycles. The van der Waals surface area contributed by atoms with Gasteiger partial charge >= 0.3 is 5.97 Å². The van der Waals surface area contributed by atoms with Gasteiger partial charge in [0, 0.05) is 25.0 Å². The van der Waals surface area contributed by atoms with E-state index in [1.807, 2.05) is 18.5 Å². The second kappa shape index (κ2) is 4.53. The number of carbonyl (C=O) groups is 1. The molecule has 4 heteroatoms.